The molecule has 0 amide bonds. The molecule has 0 aliphatic heterocycles. The van der Waals surface area contributed by atoms with Crippen LogP contribution in [0.2, 0.25) is 0 Å². The zero-order valence-electron chi connectivity index (χ0n) is 11.6. The SMILES string of the molecule is CCC(C)n1c(=O)n(C)c(=O)c2[nH]c(CNC)nc21. The van der Waals surface area contributed by atoms with Crippen molar-refractivity contribution in [3.63, 3.8) is 0 Å². The Morgan fingerprint density at radius 3 is 2.68 bits per heavy atom. The molecule has 1 atom stereocenters. The lowest BCUT2D eigenvalue weighted by Gasteiger charge is -2.14. The highest BCUT2D eigenvalue weighted by atomic mass is 16.2. The van der Waals surface area contributed by atoms with Crippen molar-refractivity contribution in [2.24, 2.45) is 7.05 Å². The summed E-state index contributed by atoms with van der Waals surface area (Å²) in [5.41, 5.74) is 0.157. The van der Waals surface area contributed by atoms with E-state index in [0.29, 0.717) is 23.5 Å². The first-order valence-corrected chi connectivity index (χ1v) is 6.36. The minimum absolute atomic E-state index is 0.00691. The fourth-order valence-electron chi connectivity index (χ4n) is 2.07. The average Bonchev–Trinajstić information content (AvgIpc) is 2.80. The van der Waals surface area contributed by atoms with E-state index >= 15 is 0 Å². The highest BCUT2D eigenvalue weighted by Crippen LogP contribution is 2.13. The molecule has 19 heavy (non-hydrogen) atoms. The minimum atomic E-state index is -0.339. The van der Waals surface area contributed by atoms with E-state index in [1.54, 1.807) is 11.6 Å². The van der Waals surface area contributed by atoms with Crippen molar-refractivity contribution < 1.29 is 0 Å². The van der Waals surface area contributed by atoms with Gasteiger partial charge in [-0.3, -0.25) is 13.9 Å². The minimum Gasteiger partial charge on any atom is -0.335 e. The summed E-state index contributed by atoms with van der Waals surface area (Å²) in [6.07, 6.45) is 0.793. The summed E-state index contributed by atoms with van der Waals surface area (Å²) < 4.78 is 2.70. The number of aromatic amines is 1. The summed E-state index contributed by atoms with van der Waals surface area (Å²) in [5.74, 6) is 0.650. The molecular formula is C12H19N5O2. The van der Waals surface area contributed by atoms with E-state index in [2.05, 4.69) is 15.3 Å². The normalized spacial score (nSPS) is 13.1. The second-order valence-electron chi connectivity index (χ2n) is 4.69. The number of nitrogens with one attached hydrogen (secondary N) is 2. The third kappa shape index (κ3) is 2.10. The lowest BCUT2D eigenvalue weighted by molar-refractivity contribution is 0.499. The van der Waals surface area contributed by atoms with Crippen LogP contribution in [0.25, 0.3) is 11.2 Å². The van der Waals surface area contributed by atoms with Gasteiger partial charge < -0.3 is 10.3 Å². The van der Waals surface area contributed by atoms with Gasteiger partial charge in [0.25, 0.3) is 5.56 Å². The number of H-pyrrole nitrogens is 1. The maximum Gasteiger partial charge on any atom is 0.332 e. The van der Waals surface area contributed by atoms with Crippen LogP contribution in [0.5, 0.6) is 0 Å². The van der Waals surface area contributed by atoms with Crippen molar-refractivity contribution in [3.05, 3.63) is 26.7 Å². The molecule has 2 rings (SSSR count). The zero-order valence-corrected chi connectivity index (χ0v) is 11.6. The van der Waals surface area contributed by atoms with Crippen LogP contribution < -0.4 is 16.6 Å². The number of imidazole rings is 1. The van der Waals surface area contributed by atoms with Crippen LogP contribution in [0.15, 0.2) is 9.59 Å². The summed E-state index contributed by atoms with van der Waals surface area (Å²) in [6, 6.07) is -0.00691. The maximum absolute atomic E-state index is 12.2. The van der Waals surface area contributed by atoms with Gasteiger partial charge in [-0.2, -0.15) is 0 Å². The van der Waals surface area contributed by atoms with Crippen molar-refractivity contribution in [2.75, 3.05) is 7.05 Å². The lowest BCUT2D eigenvalue weighted by Crippen LogP contribution is -2.39. The molecule has 0 aliphatic carbocycles. The van der Waals surface area contributed by atoms with Crippen LogP contribution in [0.3, 0.4) is 0 Å². The molecule has 7 heteroatoms. The second kappa shape index (κ2) is 5.00. The third-order valence-corrected chi connectivity index (χ3v) is 3.35. The summed E-state index contributed by atoms with van der Waals surface area (Å²) >= 11 is 0. The molecule has 2 aromatic rings. The average molecular weight is 265 g/mol. The maximum atomic E-state index is 12.2. The van der Waals surface area contributed by atoms with Gasteiger partial charge in [0.2, 0.25) is 0 Å². The number of rotatable bonds is 4. The standard InChI is InChI=1S/C12H19N5O2/c1-5-7(2)17-10-9(11(18)16(4)12(17)19)14-8(15-10)6-13-3/h7,13H,5-6H2,1-4H3,(H,14,15). The molecule has 0 spiro atoms. The molecule has 0 aromatic carbocycles. The third-order valence-electron chi connectivity index (χ3n) is 3.35. The van der Waals surface area contributed by atoms with Crippen molar-refractivity contribution >= 4 is 11.2 Å². The molecular weight excluding hydrogens is 246 g/mol. The summed E-state index contributed by atoms with van der Waals surface area (Å²) in [4.78, 5) is 31.7. The van der Waals surface area contributed by atoms with Gasteiger partial charge in [0.1, 0.15) is 11.3 Å². The molecule has 1 unspecified atom stereocenters. The second-order valence-corrected chi connectivity index (χ2v) is 4.69. The molecule has 0 radical (unpaired) electrons. The Hall–Kier alpha value is -1.89. The lowest BCUT2D eigenvalue weighted by atomic mass is 10.2. The largest absolute Gasteiger partial charge is 0.335 e. The molecule has 0 saturated heterocycles. The van der Waals surface area contributed by atoms with Gasteiger partial charge in [0.15, 0.2) is 5.65 Å². The van der Waals surface area contributed by atoms with Gasteiger partial charge in [-0.15, -0.1) is 0 Å². The number of aromatic nitrogens is 4. The molecule has 0 bridgehead atoms. The topological polar surface area (TPSA) is 84.7 Å². The van der Waals surface area contributed by atoms with E-state index in [1.807, 2.05) is 13.8 Å². The van der Waals surface area contributed by atoms with E-state index in [1.165, 1.54) is 7.05 Å². The smallest absolute Gasteiger partial charge is 0.332 e. The van der Waals surface area contributed by atoms with Crippen LogP contribution in [0.1, 0.15) is 32.1 Å². The number of hydrogen-bond donors (Lipinski definition) is 2. The van der Waals surface area contributed by atoms with Gasteiger partial charge in [0.05, 0.1) is 6.54 Å². The molecule has 2 aromatic heterocycles. The van der Waals surface area contributed by atoms with E-state index in [-0.39, 0.29) is 17.3 Å². The molecule has 2 N–H and O–H groups in total. The van der Waals surface area contributed by atoms with Crippen LogP contribution in [0, 0.1) is 0 Å². The molecule has 0 fully saturated rings. The first-order chi connectivity index (χ1) is 9.01. The summed E-state index contributed by atoms with van der Waals surface area (Å²) in [6.45, 7) is 4.46. The highest BCUT2D eigenvalue weighted by molar-refractivity contribution is 5.70. The Labute approximate surface area is 110 Å². The van der Waals surface area contributed by atoms with Crippen molar-refractivity contribution in [3.8, 4) is 0 Å². The molecule has 104 valence electrons. The molecule has 0 aliphatic rings. The Kier molecular flexibility index (Phi) is 3.57. The van der Waals surface area contributed by atoms with Gasteiger partial charge in [-0.05, 0) is 20.4 Å². The van der Waals surface area contributed by atoms with Crippen LogP contribution >= 0.6 is 0 Å². The van der Waals surface area contributed by atoms with Gasteiger partial charge in [-0.1, -0.05) is 6.92 Å². The van der Waals surface area contributed by atoms with E-state index in [9.17, 15) is 9.59 Å². The first-order valence-electron chi connectivity index (χ1n) is 6.36. The Morgan fingerprint density at radius 2 is 2.11 bits per heavy atom. The number of fused-ring (bicyclic) bond motifs is 1. The van der Waals surface area contributed by atoms with Gasteiger partial charge >= 0.3 is 5.69 Å². The monoisotopic (exact) mass is 265 g/mol. The van der Waals surface area contributed by atoms with Crippen LogP contribution in [-0.4, -0.2) is 26.1 Å². The molecule has 7 nitrogen and oxygen atoms in total. The summed E-state index contributed by atoms with van der Waals surface area (Å²) in [7, 11) is 3.29. The zero-order chi connectivity index (χ0) is 14.2. The quantitative estimate of drug-likeness (QED) is 0.822. The number of nitrogens with zero attached hydrogens (tertiary/aromatic N) is 3. The first kappa shape index (κ1) is 13.5. The molecule has 0 saturated carbocycles. The van der Waals surface area contributed by atoms with Crippen LogP contribution in [-0.2, 0) is 13.6 Å². The highest BCUT2D eigenvalue weighted by Gasteiger charge is 2.18. The van der Waals surface area contributed by atoms with E-state index in [4.69, 9.17) is 0 Å². The Balaban J connectivity index is 2.85. The van der Waals surface area contributed by atoms with Gasteiger partial charge in [-0.25, -0.2) is 9.78 Å². The van der Waals surface area contributed by atoms with E-state index < -0.39 is 0 Å². The Morgan fingerprint density at radius 1 is 1.42 bits per heavy atom. The Bertz CT molecular complexity index is 709. The fourth-order valence-corrected chi connectivity index (χ4v) is 2.07. The van der Waals surface area contributed by atoms with E-state index in [0.717, 1.165) is 11.0 Å². The number of hydrogen-bond acceptors (Lipinski definition) is 4. The van der Waals surface area contributed by atoms with Crippen molar-refractivity contribution in [2.45, 2.75) is 32.9 Å². The predicted molar refractivity (Wildman–Crippen MR) is 73.4 cm³/mol. The fraction of sp³-hybridized carbons (Fsp3) is 0.583. The van der Waals surface area contributed by atoms with Crippen LogP contribution in [0.4, 0.5) is 0 Å². The summed E-state index contributed by atoms with van der Waals surface area (Å²) in [5, 5.41) is 2.97. The van der Waals surface area contributed by atoms with Gasteiger partial charge in [0, 0.05) is 13.1 Å². The predicted octanol–water partition coefficient (Wildman–Crippen LogP) is 0.114. The van der Waals surface area contributed by atoms with Crippen molar-refractivity contribution in [1.82, 2.24) is 24.4 Å². The van der Waals surface area contributed by atoms with Crippen molar-refractivity contribution in [1.29, 1.82) is 0 Å². The molecule has 2 heterocycles.